The molecule has 11 heteroatoms. The number of amides is 2. The lowest BCUT2D eigenvalue weighted by Gasteiger charge is -2.13. The molecule has 2 heterocycles. The summed E-state index contributed by atoms with van der Waals surface area (Å²) < 4.78 is 54.1. The number of nitrogens with one attached hydrogen (secondary N) is 2. The number of thiazole rings is 1. The highest BCUT2D eigenvalue weighted by Crippen LogP contribution is 2.34. The molecule has 0 aliphatic carbocycles. The molecule has 2 N–H and O–H groups in total. The van der Waals surface area contributed by atoms with Crippen LogP contribution in [-0.2, 0) is 12.6 Å². The number of carbonyl (C=O) groups is 1. The topological polar surface area (TPSA) is 71.3 Å². The lowest BCUT2D eigenvalue weighted by Crippen LogP contribution is -2.31. The predicted octanol–water partition coefficient (Wildman–Crippen LogP) is 4.98. The molecule has 0 radical (unpaired) electrons. The molecule has 2 aromatic heterocycles. The van der Waals surface area contributed by atoms with Crippen LogP contribution in [0.15, 0.2) is 53.9 Å². The van der Waals surface area contributed by atoms with Gasteiger partial charge in [-0.05, 0) is 24.3 Å². The van der Waals surface area contributed by atoms with E-state index in [1.807, 2.05) is 5.38 Å². The van der Waals surface area contributed by atoms with Gasteiger partial charge in [-0.25, -0.2) is 13.7 Å². The molecule has 31 heavy (non-hydrogen) atoms. The van der Waals surface area contributed by atoms with Crippen molar-refractivity contribution in [3.05, 3.63) is 71.0 Å². The highest BCUT2D eigenvalue weighted by molar-refractivity contribution is 7.15. The number of anilines is 1. The Labute approximate surface area is 177 Å². The van der Waals surface area contributed by atoms with E-state index >= 15 is 0 Å². The molecule has 6 nitrogen and oxygen atoms in total. The maximum Gasteiger partial charge on any atom is 0.418 e. The van der Waals surface area contributed by atoms with Crippen LogP contribution in [-0.4, -0.2) is 27.2 Å². The van der Waals surface area contributed by atoms with Crippen molar-refractivity contribution in [2.24, 2.45) is 0 Å². The first-order valence-corrected chi connectivity index (χ1v) is 9.99. The quantitative estimate of drug-likeness (QED) is 0.422. The monoisotopic (exact) mass is 449 g/mol. The van der Waals surface area contributed by atoms with Crippen LogP contribution in [0.4, 0.5) is 28.0 Å². The van der Waals surface area contributed by atoms with Gasteiger partial charge < -0.3 is 10.6 Å². The van der Waals surface area contributed by atoms with Crippen LogP contribution in [0.2, 0.25) is 0 Å². The van der Waals surface area contributed by atoms with Gasteiger partial charge in [0.15, 0.2) is 5.82 Å². The van der Waals surface area contributed by atoms with Crippen LogP contribution in [0.1, 0.15) is 11.3 Å². The number of hydrogen-bond donors (Lipinski definition) is 2. The summed E-state index contributed by atoms with van der Waals surface area (Å²) in [6, 6.07) is 9.95. The first-order valence-electron chi connectivity index (χ1n) is 9.11. The molecule has 0 aliphatic heterocycles. The molecule has 2 amide bonds. The van der Waals surface area contributed by atoms with Crippen LogP contribution in [0, 0.1) is 5.82 Å². The van der Waals surface area contributed by atoms with Gasteiger partial charge in [0.1, 0.15) is 5.82 Å². The Bertz CT molecular complexity index is 1230. The van der Waals surface area contributed by atoms with Crippen LogP contribution >= 0.6 is 11.3 Å². The van der Waals surface area contributed by atoms with Crippen molar-refractivity contribution < 1.29 is 22.4 Å². The summed E-state index contributed by atoms with van der Waals surface area (Å²) in [6.45, 7) is 0.168. The summed E-state index contributed by atoms with van der Waals surface area (Å²) >= 11 is 1.34. The molecule has 0 atom stereocenters. The molecule has 4 aromatic rings. The van der Waals surface area contributed by atoms with E-state index < -0.39 is 23.6 Å². The van der Waals surface area contributed by atoms with Gasteiger partial charge in [0, 0.05) is 23.9 Å². The fourth-order valence-corrected chi connectivity index (χ4v) is 3.81. The van der Waals surface area contributed by atoms with E-state index in [-0.39, 0.29) is 12.2 Å². The molecule has 0 fully saturated rings. The van der Waals surface area contributed by atoms with Crippen molar-refractivity contribution in [3.63, 3.8) is 0 Å². The van der Waals surface area contributed by atoms with Gasteiger partial charge >= 0.3 is 12.2 Å². The number of nitrogens with zero attached hydrogens (tertiary/aromatic N) is 3. The summed E-state index contributed by atoms with van der Waals surface area (Å²) in [5.74, 6) is -0.0137. The third kappa shape index (κ3) is 4.66. The average molecular weight is 449 g/mol. The number of aromatic nitrogens is 3. The maximum absolute atomic E-state index is 13.4. The summed E-state index contributed by atoms with van der Waals surface area (Å²) in [5.41, 5.74) is 0.0625. The molecular formula is C20H15F4N5OS. The maximum atomic E-state index is 13.4. The highest BCUT2D eigenvalue weighted by Gasteiger charge is 2.33. The largest absolute Gasteiger partial charge is 0.418 e. The van der Waals surface area contributed by atoms with E-state index in [0.29, 0.717) is 22.8 Å². The lowest BCUT2D eigenvalue weighted by molar-refractivity contribution is -0.136. The minimum absolute atomic E-state index is 0.168. The Kier molecular flexibility index (Phi) is 5.59. The number of urea groups is 1. The zero-order valence-electron chi connectivity index (χ0n) is 15.8. The van der Waals surface area contributed by atoms with Gasteiger partial charge in [0.25, 0.3) is 0 Å². The third-order valence-corrected chi connectivity index (χ3v) is 5.25. The Morgan fingerprint density at radius 3 is 2.71 bits per heavy atom. The van der Waals surface area contributed by atoms with Crippen molar-refractivity contribution in [1.29, 1.82) is 0 Å². The first-order chi connectivity index (χ1) is 14.8. The highest BCUT2D eigenvalue weighted by atomic mass is 32.1. The van der Waals surface area contributed by atoms with Crippen molar-refractivity contribution in [1.82, 2.24) is 19.9 Å². The van der Waals surface area contributed by atoms with Crippen molar-refractivity contribution in [2.45, 2.75) is 12.6 Å². The second kappa shape index (κ2) is 8.34. The standard InChI is InChI=1S/C20H15F4N5OS/c21-13-5-3-4-12(10-13)17-27-19-29(28-17)14(11-31-19)8-9-25-18(30)26-16-7-2-1-6-15(16)20(22,23)24/h1-7,10-11H,8-9H2,(H2,25,26,30). The van der Waals surface area contributed by atoms with Crippen LogP contribution < -0.4 is 10.6 Å². The van der Waals surface area contributed by atoms with Crippen molar-refractivity contribution >= 4 is 28.0 Å². The predicted molar refractivity (Wildman–Crippen MR) is 108 cm³/mol. The summed E-state index contributed by atoms with van der Waals surface area (Å²) in [7, 11) is 0. The van der Waals surface area contributed by atoms with E-state index in [4.69, 9.17) is 0 Å². The van der Waals surface area contributed by atoms with Gasteiger partial charge in [0.2, 0.25) is 4.96 Å². The molecule has 0 unspecified atom stereocenters. The number of hydrogen-bond acceptors (Lipinski definition) is 4. The molecule has 4 rings (SSSR count). The molecule has 160 valence electrons. The molecule has 0 spiro atoms. The molecule has 0 aliphatic rings. The minimum atomic E-state index is -4.57. The number of halogens is 4. The van der Waals surface area contributed by atoms with Crippen LogP contribution in [0.25, 0.3) is 16.3 Å². The summed E-state index contributed by atoms with van der Waals surface area (Å²) in [5, 5.41) is 11.0. The number of para-hydroxylation sites is 1. The van der Waals surface area contributed by atoms with Crippen LogP contribution in [0.5, 0.6) is 0 Å². The number of fused-ring (bicyclic) bond motifs is 1. The van der Waals surface area contributed by atoms with Gasteiger partial charge in [-0.2, -0.15) is 18.2 Å². The van der Waals surface area contributed by atoms with Crippen LogP contribution in [0.3, 0.4) is 0 Å². The van der Waals surface area contributed by atoms with Crippen molar-refractivity contribution in [2.75, 3.05) is 11.9 Å². The van der Waals surface area contributed by atoms with E-state index in [1.165, 1.54) is 41.7 Å². The number of carbonyl (C=O) groups excluding carboxylic acids is 1. The van der Waals surface area contributed by atoms with E-state index in [0.717, 1.165) is 11.8 Å². The lowest BCUT2D eigenvalue weighted by atomic mass is 10.1. The number of benzene rings is 2. The fraction of sp³-hybridized carbons (Fsp3) is 0.150. The van der Waals surface area contributed by atoms with E-state index in [1.54, 1.807) is 16.6 Å². The van der Waals surface area contributed by atoms with Gasteiger partial charge in [0.05, 0.1) is 16.9 Å². The smallest absolute Gasteiger partial charge is 0.337 e. The molecule has 0 bridgehead atoms. The van der Waals surface area contributed by atoms with E-state index in [9.17, 15) is 22.4 Å². The second-order valence-electron chi connectivity index (χ2n) is 6.54. The normalized spacial score (nSPS) is 11.6. The molecule has 2 aromatic carbocycles. The zero-order chi connectivity index (χ0) is 22.0. The fourth-order valence-electron chi connectivity index (χ4n) is 2.96. The average Bonchev–Trinajstić information content (AvgIpc) is 3.29. The first kappa shape index (κ1) is 20.8. The Morgan fingerprint density at radius 2 is 1.94 bits per heavy atom. The minimum Gasteiger partial charge on any atom is -0.337 e. The zero-order valence-corrected chi connectivity index (χ0v) is 16.6. The Morgan fingerprint density at radius 1 is 1.13 bits per heavy atom. The summed E-state index contributed by atoms with van der Waals surface area (Å²) in [4.78, 5) is 17.0. The SMILES string of the molecule is O=C(NCCc1csc2nc(-c3cccc(F)c3)nn12)Nc1ccccc1C(F)(F)F. The van der Waals surface area contributed by atoms with Crippen molar-refractivity contribution in [3.8, 4) is 11.4 Å². The van der Waals surface area contributed by atoms with E-state index in [2.05, 4.69) is 20.7 Å². The molecular weight excluding hydrogens is 434 g/mol. The second-order valence-corrected chi connectivity index (χ2v) is 7.38. The molecule has 0 saturated heterocycles. The van der Waals surface area contributed by atoms with Gasteiger partial charge in [-0.3, -0.25) is 0 Å². The Balaban J connectivity index is 1.40. The third-order valence-electron chi connectivity index (χ3n) is 4.38. The number of alkyl halides is 3. The number of rotatable bonds is 5. The van der Waals surface area contributed by atoms with Gasteiger partial charge in [-0.15, -0.1) is 16.4 Å². The Hall–Kier alpha value is -3.47. The summed E-state index contributed by atoms with van der Waals surface area (Å²) in [6.07, 6.45) is -4.20. The van der Waals surface area contributed by atoms with Gasteiger partial charge in [-0.1, -0.05) is 24.3 Å². The molecule has 0 saturated carbocycles.